The maximum Gasteiger partial charge on any atom is 0.433 e. The number of benzene rings is 2. The molecule has 0 aliphatic carbocycles. The summed E-state index contributed by atoms with van der Waals surface area (Å²) < 4.78 is 40.9. The zero-order valence-electron chi connectivity index (χ0n) is 18.1. The van der Waals surface area contributed by atoms with Crippen molar-refractivity contribution in [3.05, 3.63) is 88.8 Å². The summed E-state index contributed by atoms with van der Waals surface area (Å²) in [7, 11) is 1.50. The van der Waals surface area contributed by atoms with Gasteiger partial charge < -0.3 is 5.32 Å². The van der Waals surface area contributed by atoms with Gasteiger partial charge in [-0.2, -0.15) is 13.2 Å². The number of alkyl halides is 3. The number of pyridine rings is 1. The summed E-state index contributed by atoms with van der Waals surface area (Å²) >= 11 is 6.14. The van der Waals surface area contributed by atoms with E-state index in [9.17, 15) is 18.0 Å². The fraction of sp³-hybridized carbons (Fsp3) is 0.120. The summed E-state index contributed by atoms with van der Waals surface area (Å²) in [6, 6.07) is 16.0. The lowest BCUT2D eigenvalue weighted by Gasteiger charge is -2.12. The van der Waals surface area contributed by atoms with Crippen LogP contribution < -0.4 is 5.32 Å². The van der Waals surface area contributed by atoms with Gasteiger partial charge in [-0.15, -0.1) is 0 Å². The minimum atomic E-state index is -4.65. The lowest BCUT2D eigenvalue weighted by Crippen LogP contribution is -2.18. The van der Waals surface area contributed by atoms with Crippen LogP contribution in [0.4, 0.5) is 13.2 Å². The second-order valence-corrected chi connectivity index (χ2v) is 7.91. The van der Waals surface area contributed by atoms with Gasteiger partial charge in [-0.05, 0) is 54.4 Å². The largest absolute Gasteiger partial charge is 0.433 e. The fourth-order valence-electron chi connectivity index (χ4n) is 3.34. The number of hydrogen-bond donors (Lipinski definition) is 1. The zero-order chi connectivity index (χ0) is 24.5. The van der Waals surface area contributed by atoms with Crippen LogP contribution in [-0.2, 0) is 6.18 Å². The molecular weight excluding hydrogens is 465 g/mol. The first-order valence-electron chi connectivity index (χ1n) is 10.2. The van der Waals surface area contributed by atoms with Crippen LogP contribution >= 0.6 is 11.6 Å². The SMILES string of the molecule is CNC(=O)c1cc(-c2cccc(-c3nc(-c4ccc(C)nc4)cc(C(F)(F)F)n3)c2)ccc1Cl. The van der Waals surface area contributed by atoms with Gasteiger partial charge in [0.1, 0.15) is 5.69 Å². The van der Waals surface area contributed by atoms with Crippen molar-refractivity contribution >= 4 is 17.5 Å². The molecule has 2 heterocycles. The van der Waals surface area contributed by atoms with Gasteiger partial charge >= 0.3 is 6.18 Å². The monoisotopic (exact) mass is 482 g/mol. The van der Waals surface area contributed by atoms with Gasteiger partial charge in [-0.3, -0.25) is 9.78 Å². The number of halogens is 4. The van der Waals surface area contributed by atoms with Crippen LogP contribution in [0.3, 0.4) is 0 Å². The molecule has 0 unspecified atom stereocenters. The molecule has 1 amide bonds. The molecule has 2 aromatic heterocycles. The smallest absolute Gasteiger partial charge is 0.355 e. The third-order valence-electron chi connectivity index (χ3n) is 5.12. The normalized spacial score (nSPS) is 11.4. The van der Waals surface area contributed by atoms with Crippen LogP contribution in [-0.4, -0.2) is 27.9 Å². The minimum Gasteiger partial charge on any atom is -0.355 e. The quantitative estimate of drug-likeness (QED) is 0.375. The Morgan fingerprint density at radius 2 is 1.62 bits per heavy atom. The van der Waals surface area contributed by atoms with Gasteiger partial charge in [0.2, 0.25) is 0 Å². The van der Waals surface area contributed by atoms with Crippen molar-refractivity contribution in [3.8, 4) is 33.8 Å². The number of aromatic nitrogens is 3. The number of rotatable bonds is 4. The van der Waals surface area contributed by atoms with Gasteiger partial charge in [0.15, 0.2) is 5.82 Å². The maximum absolute atomic E-state index is 13.6. The number of nitrogens with one attached hydrogen (secondary N) is 1. The second-order valence-electron chi connectivity index (χ2n) is 7.50. The highest BCUT2D eigenvalue weighted by molar-refractivity contribution is 6.34. The van der Waals surface area contributed by atoms with Crippen molar-refractivity contribution in [2.75, 3.05) is 7.05 Å². The summed E-state index contributed by atoms with van der Waals surface area (Å²) in [5, 5.41) is 2.82. The Hall–Kier alpha value is -3.78. The molecular formula is C25H18ClF3N4O. The predicted molar refractivity (Wildman–Crippen MR) is 124 cm³/mol. The zero-order valence-corrected chi connectivity index (χ0v) is 18.9. The molecule has 0 bridgehead atoms. The standard InChI is InChI=1S/C25H18ClF3N4O/c1-14-6-7-18(13-31-14)21-12-22(25(27,28)29)33-23(32-21)17-5-3-4-15(10-17)16-8-9-20(26)19(11-16)24(34)30-2/h3-13H,1-2H3,(H,30,34). The third kappa shape index (κ3) is 4.92. The van der Waals surface area contributed by atoms with Crippen molar-refractivity contribution in [1.82, 2.24) is 20.3 Å². The lowest BCUT2D eigenvalue weighted by molar-refractivity contribution is -0.141. The molecule has 1 N–H and O–H groups in total. The molecule has 9 heteroatoms. The molecule has 34 heavy (non-hydrogen) atoms. The number of hydrogen-bond acceptors (Lipinski definition) is 4. The van der Waals surface area contributed by atoms with E-state index in [2.05, 4.69) is 20.3 Å². The van der Waals surface area contributed by atoms with Gasteiger partial charge in [0.25, 0.3) is 5.91 Å². The Morgan fingerprint density at radius 1 is 0.912 bits per heavy atom. The van der Waals surface area contributed by atoms with Crippen molar-refractivity contribution in [2.24, 2.45) is 0 Å². The van der Waals surface area contributed by atoms with E-state index in [1.165, 1.54) is 13.2 Å². The van der Waals surface area contributed by atoms with Gasteiger partial charge in [0.05, 0.1) is 16.3 Å². The van der Waals surface area contributed by atoms with Gasteiger partial charge in [0, 0.05) is 30.1 Å². The van der Waals surface area contributed by atoms with Crippen molar-refractivity contribution in [1.29, 1.82) is 0 Å². The van der Waals surface area contributed by atoms with Crippen LogP contribution in [0.15, 0.2) is 66.9 Å². The Kier molecular flexibility index (Phi) is 6.34. The molecule has 0 atom stereocenters. The topological polar surface area (TPSA) is 67.8 Å². The Labute approximate surface area is 198 Å². The van der Waals surface area contributed by atoms with E-state index in [1.807, 2.05) is 0 Å². The van der Waals surface area contributed by atoms with Crippen LogP contribution in [0.1, 0.15) is 21.7 Å². The highest BCUT2D eigenvalue weighted by atomic mass is 35.5. The average molecular weight is 483 g/mol. The molecule has 0 fully saturated rings. The van der Waals surface area contributed by atoms with Crippen LogP contribution in [0.5, 0.6) is 0 Å². The lowest BCUT2D eigenvalue weighted by atomic mass is 10.0. The highest BCUT2D eigenvalue weighted by Gasteiger charge is 2.34. The number of amides is 1. The molecule has 0 radical (unpaired) electrons. The van der Waals surface area contributed by atoms with Crippen LogP contribution in [0, 0.1) is 6.92 Å². The first-order valence-corrected chi connectivity index (χ1v) is 10.6. The minimum absolute atomic E-state index is 0.0762. The summed E-state index contributed by atoms with van der Waals surface area (Å²) in [6.07, 6.45) is -3.17. The predicted octanol–water partition coefficient (Wildman–Crippen LogP) is 6.21. The molecule has 0 aliphatic heterocycles. The molecule has 0 saturated heterocycles. The number of carbonyl (C=O) groups excluding carboxylic acids is 1. The van der Waals surface area contributed by atoms with E-state index < -0.39 is 11.9 Å². The molecule has 4 rings (SSSR count). The Bertz CT molecular complexity index is 1370. The Balaban J connectivity index is 1.83. The summed E-state index contributed by atoms with van der Waals surface area (Å²) in [5.74, 6) is -0.423. The van der Waals surface area contributed by atoms with Crippen molar-refractivity contribution in [2.45, 2.75) is 13.1 Å². The molecule has 0 spiro atoms. The van der Waals surface area contributed by atoms with E-state index in [1.54, 1.807) is 61.5 Å². The molecule has 0 saturated carbocycles. The summed E-state index contributed by atoms with van der Waals surface area (Å²) in [4.78, 5) is 24.4. The van der Waals surface area contributed by atoms with Crippen molar-refractivity contribution < 1.29 is 18.0 Å². The molecule has 0 aliphatic rings. The molecule has 4 aromatic rings. The number of aryl methyl sites for hydroxylation is 1. The number of nitrogens with zero attached hydrogens (tertiary/aromatic N) is 3. The highest BCUT2D eigenvalue weighted by Crippen LogP contribution is 2.33. The third-order valence-corrected chi connectivity index (χ3v) is 5.45. The summed E-state index contributed by atoms with van der Waals surface area (Å²) in [5.41, 5.74) is 2.26. The molecule has 172 valence electrons. The molecule has 5 nitrogen and oxygen atoms in total. The Morgan fingerprint density at radius 3 is 2.29 bits per heavy atom. The average Bonchev–Trinajstić information content (AvgIpc) is 2.83. The van der Waals surface area contributed by atoms with Crippen molar-refractivity contribution in [3.63, 3.8) is 0 Å². The van der Waals surface area contributed by atoms with Crippen LogP contribution in [0.25, 0.3) is 33.8 Å². The first kappa shape index (κ1) is 23.4. The van der Waals surface area contributed by atoms with Crippen LogP contribution in [0.2, 0.25) is 5.02 Å². The maximum atomic E-state index is 13.6. The molecule has 2 aromatic carbocycles. The fourth-order valence-corrected chi connectivity index (χ4v) is 3.54. The van der Waals surface area contributed by atoms with E-state index in [0.717, 1.165) is 11.8 Å². The van der Waals surface area contributed by atoms with E-state index in [0.29, 0.717) is 22.3 Å². The van der Waals surface area contributed by atoms with Gasteiger partial charge in [-0.25, -0.2) is 9.97 Å². The summed E-state index contributed by atoms with van der Waals surface area (Å²) in [6.45, 7) is 1.79. The van der Waals surface area contributed by atoms with Gasteiger partial charge in [-0.1, -0.05) is 35.9 Å². The van der Waals surface area contributed by atoms with E-state index >= 15 is 0 Å². The van der Waals surface area contributed by atoms with E-state index in [4.69, 9.17) is 11.6 Å². The second kappa shape index (κ2) is 9.23. The first-order chi connectivity index (χ1) is 16.2. The van der Waals surface area contributed by atoms with E-state index in [-0.39, 0.29) is 28.0 Å². The number of carbonyl (C=O) groups is 1.